The standard InChI is InChI=1S/2C22H20F3.C2H4.2ClH.Hf/c2*23-22(24,25)19-11-9-16(10-12-19)20-8-4-7-17-13-18(14-21(17)20)15-5-2-1-3-6-15;1-2;;;/h2*4,7-15H,1-3,5-6H2;1-2H2;2*1H;/q;;;;;+2/p-2. The number of hydrogen-bond donors (Lipinski definition) is 0. The van der Waals surface area contributed by atoms with Gasteiger partial charge in [-0.05, 0) is 0 Å². The average Bonchev–Trinajstić information content (AvgIpc) is 3.69. The third-order valence-corrected chi connectivity index (χ3v) is 32.2. The Labute approximate surface area is 337 Å². The topological polar surface area (TPSA) is 0 Å². The van der Waals surface area contributed by atoms with Crippen LogP contribution in [0.25, 0.3) is 34.4 Å². The van der Waals surface area contributed by atoms with Crippen LogP contribution in [0.4, 0.5) is 26.3 Å². The Morgan fingerprint density at radius 1 is 0.455 bits per heavy atom. The molecule has 1 saturated heterocycles. The van der Waals surface area contributed by atoms with Crippen LogP contribution in [0.5, 0.6) is 0 Å². The summed E-state index contributed by atoms with van der Waals surface area (Å²) in [4.78, 5) is 0. The van der Waals surface area contributed by atoms with Gasteiger partial charge in [-0.25, -0.2) is 0 Å². The predicted molar refractivity (Wildman–Crippen MR) is 198 cm³/mol. The number of alkyl halides is 6. The smallest absolute Gasteiger partial charge is 1.00 e. The van der Waals surface area contributed by atoms with Crippen LogP contribution in [0, 0.1) is 11.8 Å². The molecule has 2 unspecified atom stereocenters. The van der Waals surface area contributed by atoms with Gasteiger partial charge in [-0.15, -0.1) is 0 Å². The van der Waals surface area contributed by atoms with Gasteiger partial charge >= 0.3 is 314 Å². The van der Waals surface area contributed by atoms with Crippen molar-refractivity contribution in [2.24, 2.45) is 11.8 Å². The second-order valence-electron chi connectivity index (χ2n) is 16.3. The van der Waals surface area contributed by atoms with E-state index in [1.165, 1.54) is 119 Å². The molecule has 288 valence electrons. The van der Waals surface area contributed by atoms with Gasteiger partial charge in [0.05, 0.1) is 0 Å². The second kappa shape index (κ2) is 15.6. The van der Waals surface area contributed by atoms with Crippen molar-refractivity contribution in [1.82, 2.24) is 0 Å². The first kappa shape index (κ1) is 40.6. The third-order valence-electron chi connectivity index (χ3n) is 13.4. The SMILES string of the molecule is FC(F)(F)c1ccc(-c2cccc3c2C=C(C2CCCCC2)[CH]3[Hf+2]2([CH]3C(C4CCCCC4)=Cc4c(-c5ccc(C(F)(F)F)cc5)cccc43)[CH2][CH2]2)cc1.[Cl-].[Cl-]. The van der Waals surface area contributed by atoms with Crippen molar-refractivity contribution in [3.05, 3.63) is 129 Å². The largest absolute Gasteiger partial charge is 1.00 e. The Bertz CT molecular complexity index is 1930. The molecule has 1 heterocycles. The third kappa shape index (κ3) is 7.37. The Morgan fingerprint density at radius 2 is 0.818 bits per heavy atom. The van der Waals surface area contributed by atoms with E-state index in [9.17, 15) is 26.3 Å². The van der Waals surface area contributed by atoms with Gasteiger partial charge in [0.1, 0.15) is 0 Å². The molecular formula is C46H44Cl2F6Hf. The summed E-state index contributed by atoms with van der Waals surface area (Å²) in [7, 11) is 0. The molecule has 4 aliphatic carbocycles. The normalized spacial score (nSPS) is 21.6. The fraction of sp³-hybridized carbons (Fsp3) is 0.391. The molecule has 0 bridgehead atoms. The Hall–Kier alpha value is -2.61. The van der Waals surface area contributed by atoms with Crippen molar-refractivity contribution in [3.8, 4) is 22.3 Å². The van der Waals surface area contributed by atoms with Crippen LogP contribution in [0.2, 0.25) is 8.35 Å². The molecule has 0 amide bonds. The monoisotopic (exact) mass is 960 g/mol. The molecule has 55 heavy (non-hydrogen) atoms. The number of halogens is 8. The van der Waals surface area contributed by atoms with Gasteiger partial charge in [-0.3, -0.25) is 0 Å². The maximum atomic E-state index is 13.5. The van der Waals surface area contributed by atoms with Gasteiger partial charge in [0.2, 0.25) is 0 Å². The molecule has 0 aromatic heterocycles. The first-order valence-electron chi connectivity index (χ1n) is 19.6. The van der Waals surface area contributed by atoms with E-state index >= 15 is 0 Å². The van der Waals surface area contributed by atoms with Crippen molar-refractivity contribution < 1.29 is 71.1 Å². The fourth-order valence-corrected chi connectivity index (χ4v) is 39.0. The number of fused-ring (bicyclic) bond motifs is 2. The van der Waals surface area contributed by atoms with Gasteiger partial charge in [0.25, 0.3) is 0 Å². The van der Waals surface area contributed by atoms with Crippen molar-refractivity contribution in [2.75, 3.05) is 0 Å². The molecule has 5 aliphatic rings. The van der Waals surface area contributed by atoms with Gasteiger partial charge in [0.15, 0.2) is 0 Å². The van der Waals surface area contributed by atoms with Crippen LogP contribution < -0.4 is 24.8 Å². The number of benzene rings is 4. The quantitative estimate of drug-likeness (QED) is 0.134. The number of allylic oxidation sites excluding steroid dienone is 2. The molecule has 9 rings (SSSR count). The van der Waals surface area contributed by atoms with E-state index in [0.29, 0.717) is 19.2 Å². The van der Waals surface area contributed by atoms with Crippen LogP contribution in [-0.2, 0) is 32.3 Å². The summed E-state index contributed by atoms with van der Waals surface area (Å²) in [6, 6.07) is 24.5. The number of hydrogen-bond acceptors (Lipinski definition) is 0. The Morgan fingerprint density at radius 3 is 1.15 bits per heavy atom. The zero-order valence-corrected chi connectivity index (χ0v) is 35.7. The minimum Gasteiger partial charge on any atom is -1.00 e. The molecule has 1 aliphatic heterocycles. The van der Waals surface area contributed by atoms with E-state index in [2.05, 4.69) is 48.6 Å². The summed E-state index contributed by atoms with van der Waals surface area (Å²) >= 11 is -3.39. The maximum Gasteiger partial charge on any atom is -1.00 e. The molecular weight excluding hydrogens is 916 g/mol. The molecule has 2 atom stereocenters. The summed E-state index contributed by atoms with van der Waals surface area (Å²) in [6.07, 6.45) is 8.47. The van der Waals surface area contributed by atoms with Gasteiger partial charge in [-0.1, -0.05) is 0 Å². The molecule has 0 nitrogen and oxygen atoms in total. The molecule has 0 N–H and O–H groups in total. The van der Waals surface area contributed by atoms with Gasteiger partial charge < -0.3 is 24.8 Å². The van der Waals surface area contributed by atoms with Crippen LogP contribution in [0.15, 0.2) is 96.1 Å². The van der Waals surface area contributed by atoms with Crippen molar-refractivity contribution >= 4 is 12.2 Å². The molecule has 3 fully saturated rings. The van der Waals surface area contributed by atoms with Crippen LogP contribution in [0.3, 0.4) is 0 Å². The van der Waals surface area contributed by atoms with E-state index in [1.54, 1.807) is 35.4 Å². The van der Waals surface area contributed by atoms with E-state index in [-0.39, 0.29) is 24.8 Å². The zero-order chi connectivity index (χ0) is 36.5. The first-order chi connectivity index (χ1) is 25.5. The molecule has 2 saturated carbocycles. The first-order valence-corrected chi connectivity index (χ1v) is 28.8. The van der Waals surface area contributed by atoms with Crippen LogP contribution in [-0.4, -0.2) is 0 Å². The number of rotatable bonds is 6. The summed E-state index contributed by atoms with van der Waals surface area (Å²) in [6.45, 7) is 0. The van der Waals surface area contributed by atoms with Crippen molar-refractivity contribution in [1.29, 1.82) is 0 Å². The van der Waals surface area contributed by atoms with E-state index in [1.807, 2.05) is 0 Å². The van der Waals surface area contributed by atoms with E-state index < -0.39 is 43.4 Å². The van der Waals surface area contributed by atoms with Crippen molar-refractivity contribution in [2.45, 2.75) is 92.3 Å². The second-order valence-corrected chi connectivity index (χ2v) is 32.9. The molecule has 0 radical (unpaired) electrons. The van der Waals surface area contributed by atoms with Crippen molar-refractivity contribution in [3.63, 3.8) is 0 Å². The summed E-state index contributed by atoms with van der Waals surface area (Å²) in [5.41, 5.74) is 10.9. The molecule has 0 spiro atoms. The average molecular weight is 960 g/mol. The Kier molecular flexibility index (Phi) is 11.5. The summed E-state index contributed by atoms with van der Waals surface area (Å²) in [5, 5.41) is 0. The molecule has 4 aromatic rings. The van der Waals surface area contributed by atoms with E-state index in [0.717, 1.165) is 22.3 Å². The van der Waals surface area contributed by atoms with Crippen LogP contribution in [0.1, 0.15) is 105 Å². The molecule has 4 aromatic carbocycles. The maximum absolute atomic E-state index is 13.5. The van der Waals surface area contributed by atoms with Crippen LogP contribution >= 0.6 is 0 Å². The minimum absolute atomic E-state index is 0. The summed E-state index contributed by atoms with van der Waals surface area (Å²) < 4.78 is 84.7. The molecule has 9 heteroatoms. The minimum atomic E-state index is -4.38. The van der Waals surface area contributed by atoms with Gasteiger partial charge in [-0.2, -0.15) is 0 Å². The predicted octanol–water partition coefficient (Wildman–Crippen LogP) is 8.81. The van der Waals surface area contributed by atoms with E-state index in [4.69, 9.17) is 0 Å². The van der Waals surface area contributed by atoms with Gasteiger partial charge in [0, 0.05) is 0 Å². The Balaban J connectivity index is 0.00000233. The zero-order valence-electron chi connectivity index (χ0n) is 30.6. The fourth-order valence-electron chi connectivity index (χ4n) is 10.8. The summed E-state index contributed by atoms with van der Waals surface area (Å²) in [5.74, 6) is 1.06.